The molecule has 0 aliphatic carbocycles. The first-order valence-corrected chi connectivity index (χ1v) is 16.0. The third-order valence-electron chi connectivity index (χ3n) is 8.55. The van der Waals surface area contributed by atoms with Crippen LogP contribution in [0.25, 0.3) is 0 Å². The molecule has 3 heterocycles. The minimum absolute atomic E-state index is 0.580. The van der Waals surface area contributed by atoms with E-state index in [-0.39, 0.29) is 0 Å². The molecule has 3 fully saturated rings. The summed E-state index contributed by atoms with van der Waals surface area (Å²) >= 11 is 0. The van der Waals surface area contributed by atoms with E-state index in [0.717, 1.165) is 11.3 Å². The Morgan fingerprint density at radius 2 is 1.17 bits per heavy atom. The number of fused-ring (bicyclic) bond motifs is 1. The summed E-state index contributed by atoms with van der Waals surface area (Å²) < 4.78 is 3.09. The first-order chi connectivity index (χ1) is 14.5. The summed E-state index contributed by atoms with van der Waals surface area (Å²) in [6.07, 6.45) is 8.03. The van der Waals surface area contributed by atoms with Crippen LogP contribution in [-0.4, -0.2) is 21.8 Å². The van der Waals surface area contributed by atoms with Gasteiger partial charge in [-0.15, -0.1) is 4.44 Å². The monoisotopic (exact) mass is 437 g/mol. The van der Waals surface area contributed by atoms with Crippen molar-refractivity contribution in [1.29, 1.82) is 0 Å². The lowest BCUT2D eigenvalue weighted by Crippen LogP contribution is -2.42. The molecule has 1 nitrogen and oxygen atoms in total. The Morgan fingerprint density at radius 1 is 0.667 bits per heavy atom. The molecule has 160 valence electrons. The van der Waals surface area contributed by atoms with Gasteiger partial charge in [-0.05, 0) is 78.3 Å². The Labute approximate surface area is 185 Å². The van der Waals surface area contributed by atoms with Gasteiger partial charge in [-0.25, -0.2) is 0 Å². The molecule has 5 rings (SSSR count). The molecule has 3 heteroatoms. The maximum atomic E-state index is 5.32. The van der Waals surface area contributed by atoms with Crippen molar-refractivity contribution in [3.8, 4) is 0 Å². The molecular weight excluding hydrogens is 400 g/mol. The van der Waals surface area contributed by atoms with Gasteiger partial charge < -0.3 is 0 Å². The molecular formula is C27H37NP2. The fraction of sp³-hybridized carbons (Fsp3) is 0.481. The smallest absolute Gasteiger partial charge is 0.0876 e. The Kier molecular flexibility index (Phi) is 5.63. The Morgan fingerprint density at radius 3 is 1.70 bits per heavy atom. The molecule has 6 atom stereocenters. The van der Waals surface area contributed by atoms with Crippen molar-refractivity contribution in [1.82, 2.24) is 4.44 Å². The van der Waals surface area contributed by atoms with E-state index in [9.17, 15) is 0 Å². The largest absolute Gasteiger partial charge is 0.159 e. The molecule has 2 aromatic carbocycles. The molecule has 3 aliphatic heterocycles. The van der Waals surface area contributed by atoms with Crippen LogP contribution >= 0.6 is 14.8 Å². The number of benzene rings is 2. The highest BCUT2D eigenvalue weighted by Gasteiger charge is 2.66. The second kappa shape index (κ2) is 7.99. The number of hydrogen-bond donors (Lipinski definition) is 0. The van der Waals surface area contributed by atoms with Crippen LogP contribution in [0.1, 0.15) is 74.8 Å². The maximum absolute atomic E-state index is 5.32. The molecule has 30 heavy (non-hydrogen) atoms. The SMILES string of the molecule is [CH2-][P+]12[C@H](CCC(C)N1[P+]1([CH2-])[C@H](c3ccccc3)CC[C@H]1c1ccccc1)CC[C@H]2C. The molecule has 3 aliphatic rings. The van der Waals surface area contributed by atoms with Crippen molar-refractivity contribution in [3.05, 3.63) is 85.1 Å². The maximum Gasteiger partial charge on any atom is 0.0876 e. The number of rotatable bonds is 3. The molecule has 0 aromatic heterocycles. The third-order valence-corrected chi connectivity index (χ3v) is 19.7. The lowest BCUT2D eigenvalue weighted by molar-refractivity contribution is 0.423. The highest BCUT2D eigenvalue weighted by Crippen LogP contribution is 2.96. The molecule has 2 aromatic rings. The van der Waals surface area contributed by atoms with E-state index in [2.05, 4.69) is 79.0 Å². The summed E-state index contributed by atoms with van der Waals surface area (Å²) in [5, 5.41) is 0. The van der Waals surface area contributed by atoms with Crippen molar-refractivity contribution in [3.63, 3.8) is 0 Å². The predicted octanol–water partition coefficient (Wildman–Crippen LogP) is 8.75. The van der Waals surface area contributed by atoms with Crippen LogP contribution in [-0.2, 0) is 0 Å². The summed E-state index contributed by atoms with van der Waals surface area (Å²) in [6, 6.07) is 23.3. The van der Waals surface area contributed by atoms with Gasteiger partial charge in [0, 0.05) is 0 Å². The van der Waals surface area contributed by atoms with Gasteiger partial charge in [-0.1, -0.05) is 60.7 Å². The molecule has 0 spiro atoms. The molecule has 3 saturated heterocycles. The number of nitrogens with zero attached hydrogens (tertiary/aromatic N) is 1. The van der Waals surface area contributed by atoms with Crippen LogP contribution in [0.15, 0.2) is 60.7 Å². The zero-order chi connectivity index (χ0) is 20.9. The third kappa shape index (κ3) is 3.07. The fourth-order valence-electron chi connectivity index (χ4n) is 7.04. The topological polar surface area (TPSA) is 3.24 Å². The Bertz CT molecular complexity index is 821. The van der Waals surface area contributed by atoms with Crippen molar-refractivity contribution >= 4 is 14.8 Å². The van der Waals surface area contributed by atoms with E-state index in [0.29, 0.717) is 17.4 Å². The molecule has 0 radical (unpaired) electrons. The number of hydrogen-bond acceptors (Lipinski definition) is 1. The van der Waals surface area contributed by atoms with Gasteiger partial charge in [0.1, 0.15) is 0 Å². The minimum atomic E-state index is -1.72. The standard InChI is InChI=1S/C27H37NP2/c1-21-15-17-25-18-16-22(2)29(25,3)28(21)30(4)26(23-11-7-5-8-12-23)19-20-27(30)24-13-9-6-10-14-24/h5-14,21-22,25-27H,3-4,15-20H2,1-2H3/t21?,22-,25-,26+,27+,29?/m1/s1. The van der Waals surface area contributed by atoms with Crippen LogP contribution in [0, 0.1) is 13.3 Å². The molecule has 0 amide bonds. The zero-order valence-corrected chi connectivity index (χ0v) is 20.4. The van der Waals surface area contributed by atoms with Crippen LogP contribution in [0.4, 0.5) is 0 Å². The van der Waals surface area contributed by atoms with Gasteiger partial charge in [-0.3, -0.25) is 0 Å². The predicted molar refractivity (Wildman–Crippen MR) is 135 cm³/mol. The first kappa shape index (κ1) is 21.1. The summed E-state index contributed by atoms with van der Waals surface area (Å²) in [6.45, 7) is 15.5. The molecule has 0 bridgehead atoms. The van der Waals surface area contributed by atoms with Gasteiger partial charge in [0.2, 0.25) is 0 Å². The van der Waals surface area contributed by atoms with Crippen molar-refractivity contribution in [2.24, 2.45) is 0 Å². The lowest BCUT2D eigenvalue weighted by Gasteiger charge is -2.58. The van der Waals surface area contributed by atoms with E-state index in [1.807, 2.05) is 0 Å². The van der Waals surface area contributed by atoms with Gasteiger partial charge in [0.05, 0.1) is 28.7 Å². The second-order valence-corrected chi connectivity index (χ2v) is 17.6. The molecule has 0 saturated carbocycles. The van der Waals surface area contributed by atoms with Gasteiger partial charge in [0.25, 0.3) is 0 Å². The van der Waals surface area contributed by atoms with Gasteiger partial charge in [0.15, 0.2) is 0 Å². The van der Waals surface area contributed by atoms with Crippen LogP contribution in [0.3, 0.4) is 0 Å². The summed E-state index contributed by atoms with van der Waals surface area (Å²) in [5.41, 5.74) is 5.81. The minimum Gasteiger partial charge on any atom is -0.159 e. The van der Waals surface area contributed by atoms with Crippen LogP contribution in [0.5, 0.6) is 0 Å². The van der Waals surface area contributed by atoms with E-state index < -0.39 is 14.8 Å². The van der Waals surface area contributed by atoms with Gasteiger partial charge in [-0.2, -0.15) is 13.3 Å². The van der Waals surface area contributed by atoms with Crippen molar-refractivity contribution in [2.45, 2.75) is 81.1 Å². The zero-order valence-electron chi connectivity index (χ0n) is 18.7. The summed E-state index contributed by atoms with van der Waals surface area (Å²) in [5.74, 6) is 0. The average Bonchev–Trinajstić information content (AvgIpc) is 3.26. The van der Waals surface area contributed by atoms with Crippen molar-refractivity contribution < 1.29 is 0 Å². The van der Waals surface area contributed by atoms with Gasteiger partial charge >= 0.3 is 0 Å². The van der Waals surface area contributed by atoms with Crippen molar-refractivity contribution in [2.75, 3.05) is 0 Å². The van der Waals surface area contributed by atoms with E-state index in [1.165, 1.54) is 49.7 Å². The van der Waals surface area contributed by atoms with E-state index >= 15 is 0 Å². The fourth-order valence-corrected chi connectivity index (χ4v) is 19.8. The lowest BCUT2D eigenvalue weighted by atomic mass is 10.0. The average molecular weight is 438 g/mol. The summed E-state index contributed by atoms with van der Waals surface area (Å²) in [7, 11) is -3.16. The van der Waals surface area contributed by atoms with Crippen LogP contribution < -0.4 is 0 Å². The summed E-state index contributed by atoms with van der Waals surface area (Å²) in [4.78, 5) is 0. The van der Waals surface area contributed by atoms with Crippen LogP contribution in [0.2, 0.25) is 0 Å². The highest BCUT2D eigenvalue weighted by atomic mass is 31.2. The molecule has 0 N–H and O–H groups in total. The first-order valence-electron chi connectivity index (χ1n) is 11.8. The highest BCUT2D eigenvalue weighted by molar-refractivity contribution is 7.90. The van der Waals surface area contributed by atoms with E-state index in [1.54, 1.807) is 0 Å². The normalized spacial score (nSPS) is 38.5. The Balaban J connectivity index is 1.68. The van der Waals surface area contributed by atoms with E-state index in [4.69, 9.17) is 13.3 Å². The second-order valence-electron chi connectivity index (χ2n) is 10.0. The molecule has 2 unspecified atom stereocenters. The quantitative estimate of drug-likeness (QED) is 0.343. The Hall–Kier alpha value is -0.740.